The summed E-state index contributed by atoms with van der Waals surface area (Å²) in [7, 11) is 2.86. The predicted molar refractivity (Wildman–Crippen MR) is 105 cm³/mol. The topological polar surface area (TPSA) is 100 Å². The molecule has 2 rings (SSSR count). The number of rotatable bonds is 7. The van der Waals surface area contributed by atoms with Crippen LogP contribution in [0.25, 0.3) is 0 Å². The van der Waals surface area contributed by atoms with Crippen LogP contribution in [0.4, 0.5) is 5.69 Å². The summed E-state index contributed by atoms with van der Waals surface area (Å²) in [6.07, 6.45) is 1.26. The van der Waals surface area contributed by atoms with E-state index in [1.165, 1.54) is 13.3 Å². The lowest BCUT2D eigenvalue weighted by Crippen LogP contribution is -2.28. The van der Waals surface area contributed by atoms with Gasteiger partial charge in [-0.15, -0.1) is 0 Å². The number of amides is 1. The zero-order valence-electron chi connectivity index (χ0n) is 15.9. The number of ether oxygens (including phenoxy) is 2. The van der Waals surface area contributed by atoms with Crippen LogP contribution >= 0.6 is 0 Å². The highest BCUT2D eigenvalue weighted by molar-refractivity contribution is 5.99. The van der Waals surface area contributed by atoms with Gasteiger partial charge in [-0.2, -0.15) is 5.26 Å². The van der Waals surface area contributed by atoms with Gasteiger partial charge in [-0.3, -0.25) is 4.79 Å². The van der Waals surface area contributed by atoms with E-state index in [9.17, 15) is 14.9 Å². The summed E-state index contributed by atoms with van der Waals surface area (Å²) in [6, 6.07) is 15.5. The first kappa shape index (κ1) is 20.5. The third-order valence-electron chi connectivity index (χ3n) is 4.03. The highest BCUT2D eigenvalue weighted by Gasteiger charge is 2.15. The molecule has 144 valence electrons. The van der Waals surface area contributed by atoms with E-state index in [1.54, 1.807) is 43.5 Å². The Balaban J connectivity index is 2.11. The summed E-state index contributed by atoms with van der Waals surface area (Å²) in [5.74, 6) is -0.338. The Kier molecular flexibility index (Phi) is 7.17. The standard InChI is InChI=1S/C21H21N3O4/c1-14(15-8-10-17(27-2)11-9-15)24-20(25)16(12-22)13-23-19-7-5-4-6-18(19)21(26)28-3/h4-11,13-14,23H,1-3H3,(H,24,25)/b16-13-. The average molecular weight is 379 g/mol. The van der Waals surface area contributed by atoms with Gasteiger partial charge in [0.05, 0.1) is 31.5 Å². The Hall–Kier alpha value is -3.79. The van der Waals surface area contributed by atoms with Gasteiger partial charge < -0.3 is 20.1 Å². The Labute approximate surface area is 163 Å². The van der Waals surface area contributed by atoms with Gasteiger partial charge in [-0.05, 0) is 36.8 Å². The van der Waals surface area contributed by atoms with Crippen molar-refractivity contribution >= 4 is 17.6 Å². The van der Waals surface area contributed by atoms with Crippen molar-refractivity contribution in [3.05, 3.63) is 71.4 Å². The molecule has 0 heterocycles. The quantitative estimate of drug-likeness (QED) is 0.435. The fraction of sp³-hybridized carbons (Fsp3) is 0.190. The summed E-state index contributed by atoms with van der Waals surface area (Å²) in [4.78, 5) is 24.2. The van der Waals surface area contributed by atoms with Gasteiger partial charge in [-0.1, -0.05) is 24.3 Å². The molecule has 1 atom stereocenters. The molecular weight excluding hydrogens is 358 g/mol. The predicted octanol–water partition coefficient (Wildman–Crippen LogP) is 3.18. The minimum atomic E-state index is -0.533. The van der Waals surface area contributed by atoms with Crippen molar-refractivity contribution < 1.29 is 19.1 Å². The first-order chi connectivity index (χ1) is 13.5. The molecule has 0 saturated carbocycles. The molecule has 0 radical (unpaired) electrons. The lowest BCUT2D eigenvalue weighted by molar-refractivity contribution is -0.117. The molecule has 1 unspecified atom stereocenters. The molecule has 7 heteroatoms. The van der Waals surface area contributed by atoms with Crippen LogP contribution in [0.5, 0.6) is 5.75 Å². The molecule has 1 amide bonds. The largest absolute Gasteiger partial charge is 0.497 e. The first-order valence-corrected chi connectivity index (χ1v) is 8.49. The van der Waals surface area contributed by atoms with E-state index in [2.05, 4.69) is 10.6 Å². The van der Waals surface area contributed by atoms with Crippen molar-refractivity contribution in [2.45, 2.75) is 13.0 Å². The molecule has 0 spiro atoms. The number of nitrogens with one attached hydrogen (secondary N) is 2. The number of carbonyl (C=O) groups is 2. The van der Waals surface area contributed by atoms with E-state index >= 15 is 0 Å². The molecule has 28 heavy (non-hydrogen) atoms. The number of hydrogen-bond donors (Lipinski definition) is 2. The van der Waals surface area contributed by atoms with E-state index in [-0.39, 0.29) is 11.6 Å². The van der Waals surface area contributed by atoms with Gasteiger partial charge in [0.1, 0.15) is 17.4 Å². The van der Waals surface area contributed by atoms with Crippen LogP contribution in [0.15, 0.2) is 60.3 Å². The molecule has 0 aliphatic heterocycles. The van der Waals surface area contributed by atoms with Crippen LogP contribution in [-0.4, -0.2) is 26.1 Å². The zero-order chi connectivity index (χ0) is 20.5. The second-order valence-corrected chi connectivity index (χ2v) is 5.82. The molecule has 2 aromatic rings. The molecule has 2 aromatic carbocycles. The highest BCUT2D eigenvalue weighted by atomic mass is 16.5. The fourth-order valence-electron chi connectivity index (χ4n) is 2.45. The van der Waals surface area contributed by atoms with Crippen molar-refractivity contribution in [1.82, 2.24) is 5.32 Å². The summed E-state index contributed by atoms with van der Waals surface area (Å²) in [6.45, 7) is 1.81. The monoisotopic (exact) mass is 379 g/mol. The van der Waals surface area contributed by atoms with Crippen molar-refractivity contribution in [1.29, 1.82) is 5.26 Å². The molecule has 2 N–H and O–H groups in total. The van der Waals surface area contributed by atoms with E-state index in [1.807, 2.05) is 25.1 Å². The second kappa shape index (κ2) is 9.78. The number of carbonyl (C=O) groups excluding carboxylic acids is 2. The third-order valence-corrected chi connectivity index (χ3v) is 4.03. The van der Waals surface area contributed by atoms with Crippen LogP contribution < -0.4 is 15.4 Å². The number of hydrogen-bond acceptors (Lipinski definition) is 6. The maximum atomic E-state index is 12.4. The Morgan fingerprint density at radius 1 is 1.11 bits per heavy atom. The van der Waals surface area contributed by atoms with Crippen LogP contribution in [0.3, 0.4) is 0 Å². The lowest BCUT2D eigenvalue weighted by atomic mass is 10.1. The Morgan fingerprint density at radius 3 is 2.39 bits per heavy atom. The van der Waals surface area contributed by atoms with Crippen LogP contribution in [0.1, 0.15) is 28.9 Å². The number of anilines is 1. The van der Waals surface area contributed by atoms with E-state index in [4.69, 9.17) is 9.47 Å². The van der Waals surface area contributed by atoms with Gasteiger partial charge >= 0.3 is 5.97 Å². The second-order valence-electron chi connectivity index (χ2n) is 5.82. The van der Waals surface area contributed by atoms with Crippen LogP contribution in [0, 0.1) is 11.3 Å². The van der Waals surface area contributed by atoms with Crippen molar-refractivity contribution in [3.63, 3.8) is 0 Å². The fourth-order valence-corrected chi connectivity index (χ4v) is 2.45. The van der Waals surface area contributed by atoms with Gasteiger partial charge in [0, 0.05) is 6.20 Å². The first-order valence-electron chi connectivity index (χ1n) is 8.49. The molecule has 0 bridgehead atoms. The zero-order valence-corrected chi connectivity index (χ0v) is 15.9. The van der Waals surface area contributed by atoms with Crippen molar-refractivity contribution in [2.75, 3.05) is 19.5 Å². The Morgan fingerprint density at radius 2 is 1.79 bits per heavy atom. The van der Waals surface area contributed by atoms with E-state index in [0.29, 0.717) is 17.0 Å². The lowest BCUT2D eigenvalue weighted by Gasteiger charge is -2.14. The number of para-hydroxylation sites is 1. The van der Waals surface area contributed by atoms with Crippen molar-refractivity contribution in [2.24, 2.45) is 0 Å². The molecule has 0 aromatic heterocycles. The third kappa shape index (κ3) is 5.11. The summed E-state index contributed by atoms with van der Waals surface area (Å²) in [5.41, 5.74) is 1.47. The minimum absolute atomic E-state index is 0.125. The minimum Gasteiger partial charge on any atom is -0.497 e. The molecule has 7 nitrogen and oxygen atoms in total. The summed E-state index contributed by atoms with van der Waals surface area (Å²) < 4.78 is 9.84. The number of nitriles is 1. The molecule has 0 aliphatic rings. The number of methoxy groups -OCH3 is 2. The number of nitrogens with zero attached hydrogens (tertiary/aromatic N) is 1. The maximum Gasteiger partial charge on any atom is 0.339 e. The smallest absolute Gasteiger partial charge is 0.339 e. The number of esters is 1. The van der Waals surface area contributed by atoms with Gasteiger partial charge in [0.25, 0.3) is 5.91 Å². The van der Waals surface area contributed by atoms with Crippen LogP contribution in [0.2, 0.25) is 0 Å². The van der Waals surface area contributed by atoms with E-state index in [0.717, 1.165) is 5.56 Å². The Bertz CT molecular complexity index is 914. The van der Waals surface area contributed by atoms with Gasteiger partial charge in [0.2, 0.25) is 0 Å². The van der Waals surface area contributed by atoms with E-state index < -0.39 is 11.9 Å². The van der Waals surface area contributed by atoms with Crippen molar-refractivity contribution in [3.8, 4) is 11.8 Å². The maximum absolute atomic E-state index is 12.4. The van der Waals surface area contributed by atoms with Gasteiger partial charge in [-0.25, -0.2) is 4.79 Å². The number of benzene rings is 2. The summed E-state index contributed by atoms with van der Waals surface area (Å²) in [5, 5.41) is 14.9. The molecule has 0 fully saturated rings. The van der Waals surface area contributed by atoms with Crippen LogP contribution in [-0.2, 0) is 9.53 Å². The molecular formula is C21H21N3O4. The highest BCUT2D eigenvalue weighted by Crippen LogP contribution is 2.18. The molecule has 0 aliphatic carbocycles. The average Bonchev–Trinajstić information content (AvgIpc) is 2.73. The summed E-state index contributed by atoms with van der Waals surface area (Å²) >= 11 is 0. The molecule has 0 saturated heterocycles. The normalized spacial score (nSPS) is 11.7. The van der Waals surface area contributed by atoms with Gasteiger partial charge in [0.15, 0.2) is 0 Å². The SMILES string of the molecule is COC(=O)c1ccccc1N/C=C(/C#N)C(=O)NC(C)c1ccc(OC)cc1.